The Balaban J connectivity index is 2.37. The molecule has 0 radical (unpaired) electrons. The van der Waals surface area contributed by atoms with Crippen molar-refractivity contribution >= 4 is 51.8 Å². The third-order valence-electron chi connectivity index (χ3n) is 2.56. The highest BCUT2D eigenvalue weighted by atomic mass is 35.5. The van der Waals surface area contributed by atoms with Crippen molar-refractivity contribution in [3.63, 3.8) is 0 Å². The molecule has 0 aliphatic carbocycles. The van der Waals surface area contributed by atoms with E-state index in [-0.39, 0.29) is 6.03 Å². The summed E-state index contributed by atoms with van der Waals surface area (Å²) < 4.78 is 0. The zero-order valence-electron chi connectivity index (χ0n) is 10.5. The van der Waals surface area contributed by atoms with Crippen LogP contribution >= 0.6 is 35.0 Å². The van der Waals surface area contributed by atoms with Crippen molar-refractivity contribution in [3.8, 4) is 0 Å². The summed E-state index contributed by atoms with van der Waals surface area (Å²) in [6.07, 6.45) is 0. The number of thioether (sulfide) groups is 1. The summed E-state index contributed by atoms with van der Waals surface area (Å²) >= 11 is 13.5. The maximum absolute atomic E-state index is 12.0. The fourth-order valence-electron chi connectivity index (χ4n) is 1.64. The van der Waals surface area contributed by atoms with Gasteiger partial charge in [-0.2, -0.15) is 0 Å². The van der Waals surface area contributed by atoms with Gasteiger partial charge in [0.1, 0.15) is 0 Å². The van der Waals surface area contributed by atoms with E-state index in [9.17, 15) is 4.79 Å². The molecule has 2 amide bonds. The molecule has 0 aromatic heterocycles. The van der Waals surface area contributed by atoms with Crippen molar-refractivity contribution in [2.45, 2.75) is 12.2 Å². The molecule has 0 bridgehead atoms. The van der Waals surface area contributed by atoms with Crippen molar-refractivity contribution in [3.05, 3.63) is 28.2 Å². The van der Waals surface area contributed by atoms with Crippen LogP contribution in [-0.2, 0) is 0 Å². The molecule has 4 nitrogen and oxygen atoms in total. The number of halogens is 2. The van der Waals surface area contributed by atoms with Crippen LogP contribution in [0.25, 0.3) is 0 Å². The molecule has 0 fully saturated rings. The number of carbonyl (C=O) groups excluding carboxylic acids is 1. The number of urea groups is 1. The Kier molecular flexibility index (Phi) is 4.60. The summed E-state index contributed by atoms with van der Waals surface area (Å²) in [6, 6.07) is 4.82. The topological polar surface area (TPSA) is 44.7 Å². The lowest BCUT2D eigenvalue weighted by molar-refractivity contribution is 0.251. The molecule has 0 saturated carbocycles. The van der Waals surface area contributed by atoms with Crippen LogP contribution in [0.3, 0.4) is 0 Å². The summed E-state index contributed by atoms with van der Waals surface area (Å²) in [5.41, 5.74) is 0.647. The molecule has 1 unspecified atom stereocenters. The molecule has 1 atom stereocenters. The molecule has 0 saturated heterocycles. The highest BCUT2D eigenvalue weighted by Crippen LogP contribution is 2.31. The summed E-state index contributed by atoms with van der Waals surface area (Å²) in [6.45, 7) is 2.77. The predicted octanol–water partition coefficient (Wildman–Crippen LogP) is 3.63. The average molecular weight is 318 g/mol. The van der Waals surface area contributed by atoms with Crippen LogP contribution in [0.2, 0.25) is 10.0 Å². The van der Waals surface area contributed by atoms with Crippen LogP contribution in [0, 0.1) is 0 Å². The Morgan fingerprint density at radius 1 is 1.47 bits per heavy atom. The van der Waals surface area contributed by atoms with Gasteiger partial charge in [-0.05, 0) is 18.2 Å². The third kappa shape index (κ3) is 3.16. The molecule has 7 heteroatoms. The molecule has 1 aromatic rings. The third-order valence-corrected chi connectivity index (χ3v) is 4.37. The first-order valence-corrected chi connectivity index (χ1v) is 7.34. The van der Waals surface area contributed by atoms with Gasteiger partial charge in [-0.15, -0.1) is 0 Å². The SMILES string of the molecule is CNC(=O)N(C1=NCC(C)S1)c1ccc(Cl)c(Cl)c1. The van der Waals surface area contributed by atoms with Gasteiger partial charge in [0.15, 0.2) is 5.17 Å². The van der Waals surface area contributed by atoms with Crippen molar-refractivity contribution in [2.75, 3.05) is 18.5 Å². The molecule has 1 aromatic carbocycles. The largest absolute Gasteiger partial charge is 0.340 e. The maximum atomic E-state index is 12.0. The van der Waals surface area contributed by atoms with Gasteiger partial charge in [-0.25, -0.2) is 9.69 Å². The van der Waals surface area contributed by atoms with Crippen molar-refractivity contribution in [2.24, 2.45) is 4.99 Å². The van der Waals surface area contributed by atoms with E-state index in [0.29, 0.717) is 32.7 Å². The second-order valence-corrected chi connectivity index (χ2v) is 6.26. The van der Waals surface area contributed by atoms with E-state index in [0.717, 1.165) is 0 Å². The number of rotatable bonds is 1. The van der Waals surface area contributed by atoms with Crippen LogP contribution in [0.4, 0.5) is 10.5 Å². The Morgan fingerprint density at radius 2 is 2.21 bits per heavy atom. The van der Waals surface area contributed by atoms with Gasteiger partial charge in [0, 0.05) is 12.3 Å². The number of carbonyl (C=O) groups is 1. The van der Waals surface area contributed by atoms with E-state index in [4.69, 9.17) is 23.2 Å². The van der Waals surface area contributed by atoms with E-state index in [1.54, 1.807) is 37.0 Å². The van der Waals surface area contributed by atoms with E-state index in [1.165, 1.54) is 4.90 Å². The zero-order chi connectivity index (χ0) is 14.0. The quantitative estimate of drug-likeness (QED) is 0.859. The Bertz CT molecular complexity index is 536. The smallest absolute Gasteiger partial charge is 0.327 e. The summed E-state index contributed by atoms with van der Waals surface area (Å²) in [7, 11) is 1.58. The van der Waals surface area contributed by atoms with Gasteiger partial charge in [-0.3, -0.25) is 4.99 Å². The van der Waals surface area contributed by atoms with Gasteiger partial charge < -0.3 is 5.32 Å². The molecule has 19 heavy (non-hydrogen) atoms. The number of amidine groups is 1. The van der Waals surface area contributed by atoms with Crippen molar-refractivity contribution < 1.29 is 4.79 Å². The van der Waals surface area contributed by atoms with E-state index >= 15 is 0 Å². The van der Waals surface area contributed by atoms with Gasteiger partial charge in [-0.1, -0.05) is 41.9 Å². The minimum absolute atomic E-state index is 0.251. The van der Waals surface area contributed by atoms with Crippen LogP contribution in [0.5, 0.6) is 0 Å². The van der Waals surface area contributed by atoms with E-state index in [1.807, 2.05) is 0 Å². The lowest BCUT2D eigenvalue weighted by Gasteiger charge is -2.22. The molecular weight excluding hydrogens is 305 g/mol. The average Bonchev–Trinajstić information content (AvgIpc) is 2.80. The van der Waals surface area contributed by atoms with E-state index < -0.39 is 0 Å². The number of benzene rings is 1. The summed E-state index contributed by atoms with van der Waals surface area (Å²) in [5, 5.41) is 4.51. The van der Waals surface area contributed by atoms with Crippen molar-refractivity contribution in [1.29, 1.82) is 0 Å². The number of aliphatic imine (C=N–C) groups is 1. The van der Waals surface area contributed by atoms with Crippen LogP contribution in [0.1, 0.15) is 6.92 Å². The first-order valence-electron chi connectivity index (χ1n) is 5.71. The van der Waals surface area contributed by atoms with Gasteiger partial charge >= 0.3 is 6.03 Å². The number of amides is 2. The number of anilines is 1. The molecule has 1 heterocycles. The maximum Gasteiger partial charge on any atom is 0.327 e. The Morgan fingerprint density at radius 3 is 2.74 bits per heavy atom. The number of nitrogens with one attached hydrogen (secondary N) is 1. The zero-order valence-corrected chi connectivity index (χ0v) is 12.8. The fraction of sp³-hybridized carbons (Fsp3) is 0.333. The molecule has 102 valence electrons. The molecule has 2 rings (SSSR count). The Labute approximate surface area is 126 Å². The summed E-state index contributed by atoms with van der Waals surface area (Å²) in [5.74, 6) is 0. The molecular formula is C12H13Cl2N3OS. The Hall–Kier alpha value is -0.910. The highest BCUT2D eigenvalue weighted by molar-refractivity contribution is 8.15. The summed E-state index contributed by atoms with van der Waals surface area (Å²) in [4.78, 5) is 17.9. The first kappa shape index (κ1) is 14.5. The van der Waals surface area contributed by atoms with Crippen LogP contribution < -0.4 is 10.2 Å². The lowest BCUT2D eigenvalue weighted by atomic mass is 10.3. The molecule has 1 N–H and O–H groups in total. The molecule has 0 spiro atoms. The fourth-order valence-corrected chi connectivity index (χ4v) is 2.88. The number of hydrogen-bond donors (Lipinski definition) is 1. The van der Waals surface area contributed by atoms with Crippen LogP contribution in [0.15, 0.2) is 23.2 Å². The van der Waals surface area contributed by atoms with E-state index in [2.05, 4.69) is 17.2 Å². The minimum Gasteiger partial charge on any atom is -0.340 e. The van der Waals surface area contributed by atoms with Gasteiger partial charge in [0.25, 0.3) is 0 Å². The second-order valence-electron chi connectivity index (χ2n) is 4.04. The second kappa shape index (κ2) is 6.03. The number of nitrogens with zero attached hydrogens (tertiary/aromatic N) is 2. The minimum atomic E-state index is -0.251. The lowest BCUT2D eigenvalue weighted by Crippen LogP contribution is -2.41. The van der Waals surface area contributed by atoms with Crippen molar-refractivity contribution in [1.82, 2.24) is 5.32 Å². The monoisotopic (exact) mass is 317 g/mol. The predicted molar refractivity (Wildman–Crippen MR) is 82.8 cm³/mol. The number of hydrogen-bond acceptors (Lipinski definition) is 3. The van der Waals surface area contributed by atoms with Crippen LogP contribution in [-0.4, -0.2) is 30.0 Å². The molecule has 1 aliphatic rings. The van der Waals surface area contributed by atoms with Gasteiger partial charge in [0.05, 0.1) is 22.3 Å². The van der Waals surface area contributed by atoms with Gasteiger partial charge in [0.2, 0.25) is 0 Å². The highest BCUT2D eigenvalue weighted by Gasteiger charge is 2.27. The standard InChI is InChI=1S/C12H13Cl2N3OS/c1-7-6-16-12(19-7)17(11(18)15-2)8-3-4-9(13)10(14)5-8/h3-5,7H,6H2,1-2H3,(H,15,18). The first-order chi connectivity index (χ1) is 9.02. The molecule has 1 aliphatic heterocycles. The normalized spacial score (nSPS) is 18.1.